The maximum absolute atomic E-state index is 12.9. The van der Waals surface area contributed by atoms with Gasteiger partial charge in [-0.1, -0.05) is 18.2 Å². The number of piperidine rings is 1. The first-order valence-electron chi connectivity index (χ1n) is 9.56. The summed E-state index contributed by atoms with van der Waals surface area (Å²) >= 11 is 0. The van der Waals surface area contributed by atoms with Crippen LogP contribution in [0.5, 0.6) is 0 Å². The largest absolute Gasteiger partial charge is 0.361 e. The number of hydrogen-bond donors (Lipinski definition) is 2. The Morgan fingerprint density at radius 1 is 1.20 bits per heavy atom. The van der Waals surface area contributed by atoms with Gasteiger partial charge in [-0.2, -0.15) is 0 Å². The van der Waals surface area contributed by atoms with Gasteiger partial charge in [-0.3, -0.25) is 9.69 Å². The summed E-state index contributed by atoms with van der Waals surface area (Å²) in [6.45, 7) is 4.08. The van der Waals surface area contributed by atoms with Gasteiger partial charge in [-0.15, -0.1) is 0 Å². The van der Waals surface area contributed by atoms with Crippen molar-refractivity contribution in [3.63, 3.8) is 0 Å². The molecule has 134 valence electrons. The van der Waals surface area contributed by atoms with E-state index in [0.717, 1.165) is 30.6 Å². The fourth-order valence-corrected chi connectivity index (χ4v) is 4.42. The molecule has 2 atom stereocenters. The zero-order valence-electron chi connectivity index (χ0n) is 14.8. The summed E-state index contributed by atoms with van der Waals surface area (Å²) in [4.78, 5) is 20.7. The van der Waals surface area contributed by atoms with Crippen molar-refractivity contribution < 1.29 is 4.79 Å². The maximum atomic E-state index is 12.9. The topological polar surface area (TPSA) is 65.4 Å². The fraction of sp³-hybridized carbons (Fsp3) is 0.550. The summed E-state index contributed by atoms with van der Waals surface area (Å²) in [7, 11) is 0. The minimum absolute atomic E-state index is 0.106. The Kier molecular flexibility index (Phi) is 4.77. The number of nitrogens with one attached hydrogen (secondary N) is 1. The van der Waals surface area contributed by atoms with Gasteiger partial charge in [-0.25, -0.2) is 0 Å². The minimum atomic E-state index is -0.462. The number of aromatic nitrogens is 1. The number of fused-ring (bicyclic) bond motifs is 1. The fourth-order valence-electron chi connectivity index (χ4n) is 4.42. The number of hydrogen-bond acceptors (Lipinski definition) is 3. The maximum Gasteiger partial charge on any atom is 0.239 e. The Labute approximate surface area is 149 Å². The Bertz CT molecular complexity index is 734. The number of H-pyrrole nitrogens is 1. The summed E-state index contributed by atoms with van der Waals surface area (Å²) in [6.07, 6.45) is 7.47. The first kappa shape index (κ1) is 16.6. The van der Waals surface area contributed by atoms with Crippen LogP contribution >= 0.6 is 0 Å². The molecule has 5 heteroatoms. The standard InChI is InChI=1S/C20H28N4O/c21-18(12-15-13-22-19-8-2-1-7-17(15)19)20(25)24-11-5-6-16(14-24)23-9-3-4-10-23/h1-2,7-8,13,16,18,22H,3-6,9-12,14,21H2/t16?,18-/m0/s1. The molecule has 4 rings (SSSR count). The zero-order valence-corrected chi connectivity index (χ0v) is 14.8. The van der Waals surface area contributed by atoms with Crippen molar-refractivity contribution in [3.8, 4) is 0 Å². The number of carbonyl (C=O) groups excluding carboxylic acids is 1. The monoisotopic (exact) mass is 340 g/mol. The molecule has 2 aliphatic rings. The van der Waals surface area contributed by atoms with Crippen molar-refractivity contribution in [2.75, 3.05) is 26.2 Å². The molecule has 1 aromatic heterocycles. The highest BCUT2D eigenvalue weighted by Crippen LogP contribution is 2.22. The van der Waals surface area contributed by atoms with Gasteiger partial charge < -0.3 is 15.6 Å². The lowest BCUT2D eigenvalue weighted by Crippen LogP contribution is -2.53. The van der Waals surface area contributed by atoms with Gasteiger partial charge in [0.05, 0.1) is 6.04 Å². The molecule has 25 heavy (non-hydrogen) atoms. The van der Waals surface area contributed by atoms with E-state index in [1.807, 2.05) is 23.2 Å². The van der Waals surface area contributed by atoms with Crippen LogP contribution in [0.15, 0.2) is 30.5 Å². The zero-order chi connectivity index (χ0) is 17.2. The van der Waals surface area contributed by atoms with E-state index in [1.165, 1.54) is 37.7 Å². The number of rotatable bonds is 4. The Balaban J connectivity index is 1.41. The molecule has 1 aromatic carbocycles. The van der Waals surface area contributed by atoms with Crippen LogP contribution in [-0.2, 0) is 11.2 Å². The number of carbonyl (C=O) groups is 1. The quantitative estimate of drug-likeness (QED) is 0.896. The highest BCUT2D eigenvalue weighted by atomic mass is 16.2. The average Bonchev–Trinajstić information content (AvgIpc) is 3.32. The molecule has 2 fully saturated rings. The van der Waals surface area contributed by atoms with E-state index in [0.29, 0.717) is 12.5 Å². The highest BCUT2D eigenvalue weighted by molar-refractivity contribution is 5.86. The second kappa shape index (κ2) is 7.18. The van der Waals surface area contributed by atoms with E-state index in [4.69, 9.17) is 5.73 Å². The van der Waals surface area contributed by atoms with Gasteiger partial charge >= 0.3 is 0 Å². The van der Waals surface area contributed by atoms with Gasteiger partial charge in [0.15, 0.2) is 0 Å². The van der Waals surface area contributed by atoms with E-state index >= 15 is 0 Å². The summed E-state index contributed by atoms with van der Waals surface area (Å²) in [5.41, 5.74) is 8.54. The third-order valence-electron chi connectivity index (χ3n) is 5.80. The molecule has 0 aliphatic carbocycles. The van der Waals surface area contributed by atoms with Crippen LogP contribution in [0.1, 0.15) is 31.2 Å². The van der Waals surface area contributed by atoms with Crippen molar-refractivity contribution in [2.24, 2.45) is 5.73 Å². The van der Waals surface area contributed by atoms with Crippen LogP contribution in [-0.4, -0.2) is 59.0 Å². The highest BCUT2D eigenvalue weighted by Gasteiger charge is 2.31. The molecule has 0 spiro atoms. The van der Waals surface area contributed by atoms with Crippen LogP contribution in [0.3, 0.4) is 0 Å². The Morgan fingerprint density at radius 3 is 2.84 bits per heavy atom. The first-order valence-corrected chi connectivity index (χ1v) is 9.56. The van der Waals surface area contributed by atoms with Gasteiger partial charge in [0.2, 0.25) is 5.91 Å². The molecule has 1 amide bonds. The molecule has 2 aromatic rings. The van der Waals surface area contributed by atoms with Crippen molar-refractivity contribution in [2.45, 2.75) is 44.2 Å². The number of nitrogens with zero attached hydrogens (tertiary/aromatic N) is 2. The van der Waals surface area contributed by atoms with Crippen molar-refractivity contribution in [1.82, 2.24) is 14.8 Å². The summed E-state index contributed by atoms with van der Waals surface area (Å²) < 4.78 is 0. The predicted octanol–water partition coefficient (Wildman–Crippen LogP) is 2.12. The van der Waals surface area contributed by atoms with E-state index < -0.39 is 6.04 Å². The molecule has 2 saturated heterocycles. The number of likely N-dealkylation sites (tertiary alicyclic amines) is 2. The summed E-state index contributed by atoms with van der Waals surface area (Å²) in [5.74, 6) is 0.106. The number of amides is 1. The predicted molar refractivity (Wildman–Crippen MR) is 100 cm³/mol. The van der Waals surface area contributed by atoms with Crippen LogP contribution < -0.4 is 5.73 Å². The van der Waals surface area contributed by atoms with E-state index in [1.54, 1.807) is 0 Å². The van der Waals surface area contributed by atoms with Crippen LogP contribution in [0.4, 0.5) is 0 Å². The lowest BCUT2D eigenvalue weighted by atomic mass is 10.0. The lowest BCUT2D eigenvalue weighted by Gasteiger charge is -2.38. The molecular formula is C20H28N4O. The second-order valence-electron chi connectivity index (χ2n) is 7.49. The van der Waals surface area contributed by atoms with Gasteiger partial charge in [0, 0.05) is 36.2 Å². The van der Waals surface area contributed by atoms with Crippen molar-refractivity contribution in [3.05, 3.63) is 36.0 Å². The summed E-state index contributed by atoms with van der Waals surface area (Å²) in [6, 6.07) is 8.25. The Hall–Kier alpha value is -1.85. The molecule has 1 unspecified atom stereocenters. The SMILES string of the molecule is N[C@@H](Cc1c[nH]c2ccccc12)C(=O)N1CCCC(N2CCCC2)C1. The van der Waals surface area contributed by atoms with E-state index in [2.05, 4.69) is 22.0 Å². The molecule has 0 bridgehead atoms. The Morgan fingerprint density at radius 2 is 2.00 bits per heavy atom. The molecule has 0 radical (unpaired) electrons. The minimum Gasteiger partial charge on any atom is -0.361 e. The third kappa shape index (κ3) is 3.44. The van der Waals surface area contributed by atoms with Crippen LogP contribution in [0.25, 0.3) is 10.9 Å². The third-order valence-corrected chi connectivity index (χ3v) is 5.80. The number of aromatic amines is 1. The smallest absolute Gasteiger partial charge is 0.239 e. The van der Waals surface area contributed by atoms with Crippen LogP contribution in [0.2, 0.25) is 0 Å². The first-order chi connectivity index (χ1) is 12.2. The summed E-state index contributed by atoms with van der Waals surface area (Å²) in [5, 5.41) is 1.17. The van der Waals surface area contributed by atoms with Crippen LogP contribution in [0, 0.1) is 0 Å². The van der Waals surface area contributed by atoms with E-state index in [-0.39, 0.29) is 5.91 Å². The van der Waals surface area contributed by atoms with Gasteiger partial charge in [0.1, 0.15) is 0 Å². The van der Waals surface area contributed by atoms with Crippen molar-refractivity contribution in [1.29, 1.82) is 0 Å². The number of benzene rings is 1. The molecule has 5 nitrogen and oxygen atoms in total. The van der Waals surface area contributed by atoms with Gasteiger partial charge in [0.25, 0.3) is 0 Å². The number of nitrogens with two attached hydrogens (primary N) is 1. The lowest BCUT2D eigenvalue weighted by molar-refractivity contribution is -0.134. The normalized spacial score (nSPS) is 23.2. The van der Waals surface area contributed by atoms with Crippen molar-refractivity contribution >= 4 is 16.8 Å². The molecular weight excluding hydrogens is 312 g/mol. The van der Waals surface area contributed by atoms with E-state index in [9.17, 15) is 4.79 Å². The molecule has 2 aliphatic heterocycles. The average molecular weight is 340 g/mol. The second-order valence-corrected chi connectivity index (χ2v) is 7.49. The van der Waals surface area contributed by atoms with Gasteiger partial charge in [-0.05, 0) is 56.8 Å². The number of para-hydroxylation sites is 1. The molecule has 3 N–H and O–H groups in total. The molecule has 3 heterocycles. The molecule has 0 saturated carbocycles.